The first-order valence-electron chi connectivity index (χ1n) is 26.4. The quantitative estimate of drug-likeness (QED) is 0.0317. The Labute approximate surface area is 451 Å². The Kier molecular flexibility index (Phi) is 30.0. The van der Waals surface area contributed by atoms with Crippen molar-refractivity contribution in [1.29, 1.82) is 0 Å². The minimum absolute atomic E-state index is 0.0191. The third kappa shape index (κ3) is 25.6. The van der Waals surface area contributed by atoms with Crippen molar-refractivity contribution in [2.75, 3.05) is 37.8 Å². The molecule has 0 saturated carbocycles. The summed E-state index contributed by atoms with van der Waals surface area (Å²) in [5, 5.41) is 26.5. The Balaban J connectivity index is 1.28. The van der Waals surface area contributed by atoms with Gasteiger partial charge in [0.05, 0.1) is 27.4 Å². The summed E-state index contributed by atoms with van der Waals surface area (Å²) < 4.78 is 61.1. The second-order valence-corrected chi connectivity index (χ2v) is 25.5. The Morgan fingerprint density at radius 1 is 0.882 bits per heavy atom. The summed E-state index contributed by atoms with van der Waals surface area (Å²) in [6.45, 7) is 8.57. The van der Waals surface area contributed by atoms with Crippen molar-refractivity contribution in [3.63, 3.8) is 0 Å². The molecule has 2 amide bonds. The summed E-state index contributed by atoms with van der Waals surface area (Å²) in [4.78, 5) is 97.9. The summed E-state index contributed by atoms with van der Waals surface area (Å²) in [5.41, 5.74) is 4.76. The highest BCUT2D eigenvalue weighted by Crippen LogP contribution is 2.56. The molecule has 3 rings (SSSR count). The van der Waals surface area contributed by atoms with E-state index >= 15 is 0 Å². The molecule has 1 fully saturated rings. The molecule has 2 unspecified atom stereocenters. The van der Waals surface area contributed by atoms with Crippen LogP contribution in [0.25, 0.3) is 11.2 Å². The standard InChI is InChI=1S/C48H86N7O17P3S/c1-7-8-9-10-11-12-13-14-15-16-17-18-19-20-21-22-23-34(2)28-35(3)29-36(4)47(60)76-27-26-50-38(56)24-25-51-45(59)42(58)48(5,6)31-69-75(66,67)72-74(64,65)68-30-37-41(71-73(61,62)63)40(57)46(70-37)55-33-54-39-43(49)52-32-53-44(39)55/h29,32-35,37,40-42,46,57-58H,7-28,30-31H2,1-6H3,(H,50,56)(H,51,59)(H,64,65)(H,66,67)(H2,49,52,53)(H2,61,62,63)/p-4/b36-29+/t34-,35-,37+,40+,41+,42-,46+/m0/s1. The van der Waals surface area contributed by atoms with E-state index in [4.69, 9.17) is 10.5 Å². The van der Waals surface area contributed by atoms with Crippen LogP contribution >= 0.6 is 35.2 Å². The van der Waals surface area contributed by atoms with Crippen molar-refractivity contribution in [2.45, 2.75) is 194 Å². The average molecular weight is 1150 g/mol. The van der Waals surface area contributed by atoms with E-state index in [1.807, 2.05) is 6.08 Å². The van der Waals surface area contributed by atoms with Crippen molar-refractivity contribution >= 4 is 69.1 Å². The van der Waals surface area contributed by atoms with E-state index < -0.39 is 84.6 Å². The molecule has 0 radical (unpaired) electrons. The number of aliphatic hydroxyl groups is 2. The number of phosphoric ester groups is 3. The highest BCUT2D eigenvalue weighted by atomic mass is 32.2. The maximum atomic E-state index is 12.8. The van der Waals surface area contributed by atoms with Gasteiger partial charge in [-0.15, -0.1) is 0 Å². The van der Waals surface area contributed by atoms with Crippen LogP contribution in [-0.4, -0.2) is 103 Å². The van der Waals surface area contributed by atoms with Crippen molar-refractivity contribution in [3.8, 4) is 0 Å². The van der Waals surface area contributed by atoms with Crippen LogP contribution < -0.4 is 35.9 Å². The number of unbranched alkanes of at least 4 members (excludes halogenated alkanes) is 15. The number of carbonyl (C=O) groups is 3. The van der Waals surface area contributed by atoms with Crippen LogP contribution in [0.5, 0.6) is 0 Å². The number of aliphatic hydroxyl groups excluding tert-OH is 2. The minimum atomic E-state index is -5.93. The van der Waals surface area contributed by atoms with E-state index in [0.29, 0.717) is 17.2 Å². The number of aromatic nitrogens is 4. The molecular weight excluding hydrogens is 1070 g/mol. The zero-order valence-corrected chi connectivity index (χ0v) is 48.4. The van der Waals surface area contributed by atoms with Crippen molar-refractivity contribution in [2.24, 2.45) is 17.3 Å². The van der Waals surface area contributed by atoms with E-state index in [-0.39, 0.29) is 47.5 Å². The number of nitrogens with one attached hydrogen (secondary N) is 2. The smallest absolute Gasteiger partial charge is 0.274 e. The monoisotopic (exact) mass is 1150 g/mol. The highest BCUT2D eigenvalue weighted by Gasteiger charge is 2.47. The molecule has 3 heterocycles. The summed E-state index contributed by atoms with van der Waals surface area (Å²) in [5.74, 6) is -0.396. The Morgan fingerprint density at radius 3 is 2.05 bits per heavy atom. The van der Waals surface area contributed by atoms with Gasteiger partial charge in [-0.3, -0.25) is 28.1 Å². The third-order valence-electron chi connectivity index (χ3n) is 12.9. The van der Waals surface area contributed by atoms with E-state index in [2.05, 4.69) is 64.2 Å². The lowest BCUT2D eigenvalue weighted by Crippen LogP contribution is -2.46. The fourth-order valence-corrected chi connectivity index (χ4v) is 12.1. The molecule has 6 N–H and O–H groups in total. The van der Waals surface area contributed by atoms with Gasteiger partial charge in [0.1, 0.15) is 36.3 Å². The number of anilines is 1. The average Bonchev–Trinajstić information content (AvgIpc) is 3.90. The van der Waals surface area contributed by atoms with E-state index in [1.54, 1.807) is 6.92 Å². The van der Waals surface area contributed by atoms with Crippen LogP contribution in [0, 0.1) is 17.3 Å². The van der Waals surface area contributed by atoms with Gasteiger partial charge in [-0.05, 0) is 30.8 Å². The number of carbonyl (C=O) groups excluding carboxylic acids is 3. The summed E-state index contributed by atoms with van der Waals surface area (Å²) in [6, 6.07) is 0. The van der Waals surface area contributed by atoms with E-state index in [0.717, 1.165) is 35.4 Å². The summed E-state index contributed by atoms with van der Waals surface area (Å²) >= 11 is 1.09. The first kappa shape index (κ1) is 67.6. The normalized spacial score (nSPS) is 20.2. The van der Waals surface area contributed by atoms with Crippen LogP contribution in [0.1, 0.15) is 170 Å². The molecule has 24 nitrogen and oxygen atoms in total. The fourth-order valence-electron chi connectivity index (χ4n) is 8.72. The molecule has 28 heteroatoms. The number of allylic oxidation sites excluding steroid dienone is 1. The fraction of sp³-hybridized carbons (Fsp3) is 0.792. The largest absolute Gasteiger partial charge is 0.790 e. The first-order valence-corrected chi connectivity index (χ1v) is 31.8. The zero-order valence-electron chi connectivity index (χ0n) is 44.9. The molecule has 2 aromatic heterocycles. The molecular formula is C48H82N7O17P3S-4. The molecule has 76 heavy (non-hydrogen) atoms. The number of rotatable bonds is 40. The van der Waals surface area contributed by atoms with Gasteiger partial charge >= 0.3 is 0 Å². The SMILES string of the molecule is CCCCCCCCCCCCCCCCCC[C@H](C)C[C@H](C)/C=C(\C)C(=O)SCCNC(=O)CCNC(=O)[C@H](O)C(C)(C)COP(=O)([O-])OP(=O)([O-])OC[C@H]1O[C@@H](n2cnc3c(N)ncnc32)[C@H](O)[C@@H]1OP(=O)([O-])[O-]. The van der Waals surface area contributed by atoms with Gasteiger partial charge < -0.3 is 69.0 Å². The van der Waals surface area contributed by atoms with Gasteiger partial charge in [-0.1, -0.05) is 162 Å². The van der Waals surface area contributed by atoms with Gasteiger partial charge in [-0.25, -0.2) is 19.3 Å². The molecule has 0 bridgehead atoms. The second kappa shape index (κ2) is 33.8. The van der Waals surface area contributed by atoms with Crippen LogP contribution in [0.3, 0.4) is 0 Å². The molecule has 0 spiro atoms. The number of amides is 2. The van der Waals surface area contributed by atoms with Gasteiger partial charge in [0.2, 0.25) is 16.9 Å². The van der Waals surface area contributed by atoms with Crippen LogP contribution in [-0.2, 0) is 50.7 Å². The Morgan fingerprint density at radius 2 is 1.46 bits per heavy atom. The number of nitrogens with zero attached hydrogens (tertiary/aromatic N) is 4. The number of nitrogen functional groups attached to an aromatic ring is 1. The molecule has 436 valence electrons. The first-order chi connectivity index (χ1) is 35.8. The second-order valence-electron chi connectivity index (χ2n) is 20.4. The van der Waals surface area contributed by atoms with Crippen molar-refractivity contribution < 1.29 is 80.5 Å². The van der Waals surface area contributed by atoms with Gasteiger partial charge in [-0.2, -0.15) is 0 Å². The number of hydrogen-bond acceptors (Lipinski definition) is 22. The number of phosphoric acid groups is 3. The number of fused-ring (bicyclic) bond motifs is 1. The van der Waals surface area contributed by atoms with Crippen molar-refractivity contribution in [3.05, 3.63) is 24.3 Å². The predicted octanol–water partition coefficient (Wildman–Crippen LogP) is 5.40. The van der Waals surface area contributed by atoms with Gasteiger partial charge in [0.15, 0.2) is 17.7 Å². The maximum absolute atomic E-state index is 12.8. The number of nitrogens with two attached hydrogens (primary N) is 1. The minimum Gasteiger partial charge on any atom is -0.790 e. The summed E-state index contributed by atoms with van der Waals surface area (Å²) in [6.07, 6.45) is 18.2. The number of ether oxygens (including phenoxy) is 1. The third-order valence-corrected chi connectivity index (χ3v) is 16.9. The Hall–Kier alpha value is -2.70. The predicted molar refractivity (Wildman–Crippen MR) is 279 cm³/mol. The number of imidazole rings is 1. The van der Waals surface area contributed by atoms with E-state index in [1.165, 1.54) is 123 Å². The van der Waals surface area contributed by atoms with Gasteiger partial charge in [0, 0.05) is 30.7 Å². The lowest BCUT2D eigenvalue weighted by Gasteiger charge is -2.36. The molecule has 0 aliphatic carbocycles. The number of hydrogen-bond donors (Lipinski definition) is 5. The lowest BCUT2D eigenvalue weighted by atomic mass is 9.87. The van der Waals surface area contributed by atoms with Crippen LogP contribution in [0.15, 0.2) is 24.3 Å². The molecule has 2 aromatic rings. The van der Waals surface area contributed by atoms with E-state index in [9.17, 15) is 57.9 Å². The zero-order chi connectivity index (χ0) is 56.5. The molecule has 0 aromatic carbocycles. The summed E-state index contributed by atoms with van der Waals surface area (Å²) in [7, 11) is -17.6. The maximum Gasteiger partial charge on any atom is 0.274 e. The topological polar surface area (TPSA) is 375 Å². The number of thioether (sulfide) groups is 1. The Bertz CT molecular complexity index is 2270. The van der Waals surface area contributed by atoms with Gasteiger partial charge in [0.25, 0.3) is 15.6 Å². The van der Waals surface area contributed by atoms with Crippen LogP contribution in [0.4, 0.5) is 5.82 Å². The molecule has 1 aliphatic rings. The molecule has 9 atom stereocenters. The highest BCUT2D eigenvalue weighted by molar-refractivity contribution is 8.14. The van der Waals surface area contributed by atoms with Crippen molar-refractivity contribution in [1.82, 2.24) is 30.2 Å². The lowest BCUT2D eigenvalue weighted by molar-refractivity contribution is -0.347. The molecule has 1 saturated heterocycles. The molecule has 1 aliphatic heterocycles. The van der Waals surface area contributed by atoms with Crippen LogP contribution in [0.2, 0.25) is 0 Å².